The van der Waals surface area contributed by atoms with E-state index in [1.165, 1.54) is 12.8 Å². The molecule has 1 fully saturated rings. The van der Waals surface area contributed by atoms with Crippen LogP contribution in [0.15, 0.2) is 16.5 Å². The summed E-state index contributed by atoms with van der Waals surface area (Å²) in [5.74, 6) is 3.03. The molecule has 1 aromatic heterocycles. The number of likely N-dealkylation sites (tertiary alicyclic amines) is 1. The molecule has 1 aliphatic heterocycles. The van der Waals surface area contributed by atoms with Crippen LogP contribution in [-0.4, -0.2) is 36.7 Å². The first-order chi connectivity index (χ1) is 11.5. The fraction of sp³-hybridized carbons (Fsp3) is 0.526. The van der Waals surface area contributed by atoms with Crippen molar-refractivity contribution in [3.63, 3.8) is 0 Å². The van der Waals surface area contributed by atoms with Gasteiger partial charge in [0.15, 0.2) is 0 Å². The van der Waals surface area contributed by atoms with Crippen LogP contribution in [0.5, 0.6) is 11.5 Å². The van der Waals surface area contributed by atoms with E-state index in [0.29, 0.717) is 11.9 Å². The Morgan fingerprint density at radius 2 is 2.04 bits per heavy atom. The number of aromatic nitrogens is 1. The molecular weight excluding hydrogens is 304 g/mol. The molecule has 2 heterocycles. The number of ether oxygens (including phenoxy) is 2. The van der Waals surface area contributed by atoms with E-state index in [0.717, 1.165) is 47.2 Å². The average molecular weight is 330 g/mol. The van der Waals surface area contributed by atoms with Crippen molar-refractivity contribution >= 4 is 0 Å². The summed E-state index contributed by atoms with van der Waals surface area (Å²) in [6.07, 6.45) is 2.52. The zero-order chi connectivity index (χ0) is 17.3. The smallest absolute Gasteiger partial charge is 0.230 e. The summed E-state index contributed by atoms with van der Waals surface area (Å²) in [5.41, 5.74) is 2.82. The Hall–Kier alpha value is -2.01. The predicted octanol–water partition coefficient (Wildman–Crippen LogP) is 3.96. The molecule has 0 unspecified atom stereocenters. The minimum absolute atomic E-state index is 0.608. The summed E-state index contributed by atoms with van der Waals surface area (Å²) < 4.78 is 16.9. The molecule has 0 aliphatic carbocycles. The third kappa shape index (κ3) is 3.00. The van der Waals surface area contributed by atoms with E-state index < -0.39 is 0 Å². The number of nitrogens with zero attached hydrogens (tertiary/aromatic N) is 2. The average Bonchev–Trinajstić information content (AvgIpc) is 3.14. The highest BCUT2D eigenvalue weighted by Crippen LogP contribution is 2.38. The van der Waals surface area contributed by atoms with Gasteiger partial charge in [0.05, 0.1) is 25.5 Å². The van der Waals surface area contributed by atoms with Crippen molar-refractivity contribution in [2.45, 2.75) is 46.2 Å². The second-order valence-electron chi connectivity index (χ2n) is 6.46. The molecule has 0 bridgehead atoms. The largest absolute Gasteiger partial charge is 0.496 e. The van der Waals surface area contributed by atoms with E-state index in [1.54, 1.807) is 14.2 Å². The van der Waals surface area contributed by atoms with Crippen LogP contribution in [0.4, 0.5) is 0 Å². The number of benzene rings is 1. The van der Waals surface area contributed by atoms with Gasteiger partial charge in [0.2, 0.25) is 5.89 Å². The van der Waals surface area contributed by atoms with Gasteiger partial charge in [-0.25, -0.2) is 4.98 Å². The molecule has 0 N–H and O–H groups in total. The number of hydrogen-bond acceptors (Lipinski definition) is 5. The Bertz CT molecular complexity index is 724. The van der Waals surface area contributed by atoms with E-state index in [4.69, 9.17) is 18.9 Å². The van der Waals surface area contributed by atoms with Gasteiger partial charge in [0.25, 0.3) is 0 Å². The summed E-state index contributed by atoms with van der Waals surface area (Å²) >= 11 is 0. The lowest BCUT2D eigenvalue weighted by molar-refractivity contribution is 0.256. The highest BCUT2D eigenvalue weighted by atomic mass is 16.5. The highest BCUT2D eigenvalue weighted by molar-refractivity contribution is 5.68. The third-order valence-corrected chi connectivity index (χ3v) is 4.95. The van der Waals surface area contributed by atoms with Crippen molar-refractivity contribution in [2.75, 3.05) is 20.8 Å². The van der Waals surface area contributed by atoms with Gasteiger partial charge in [-0.3, -0.25) is 4.90 Å². The van der Waals surface area contributed by atoms with Crippen molar-refractivity contribution in [1.82, 2.24) is 9.88 Å². The summed E-state index contributed by atoms with van der Waals surface area (Å²) in [6, 6.07) is 4.48. The Morgan fingerprint density at radius 3 is 2.67 bits per heavy atom. The van der Waals surface area contributed by atoms with Crippen molar-refractivity contribution in [2.24, 2.45) is 0 Å². The van der Waals surface area contributed by atoms with Gasteiger partial charge in [-0.1, -0.05) is 0 Å². The fourth-order valence-electron chi connectivity index (χ4n) is 3.44. The number of oxazole rings is 1. The van der Waals surface area contributed by atoms with Crippen LogP contribution in [0.2, 0.25) is 0 Å². The van der Waals surface area contributed by atoms with Crippen LogP contribution in [0.1, 0.15) is 36.8 Å². The minimum Gasteiger partial charge on any atom is -0.496 e. The van der Waals surface area contributed by atoms with Crippen LogP contribution in [0.25, 0.3) is 11.5 Å². The van der Waals surface area contributed by atoms with Crippen molar-refractivity contribution < 1.29 is 13.9 Å². The first kappa shape index (κ1) is 16.8. The topological polar surface area (TPSA) is 47.7 Å². The molecule has 24 heavy (non-hydrogen) atoms. The Labute approximate surface area is 143 Å². The van der Waals surface area contributed by atoms with E-state index >= 15 is 0 Å². The molecule has 1 aromatic carbocycles. The molecule has 1 atom stereocenters. The molecule has 1 aliphatic rings. The van der Waals surface area contributed by atoms with Gasteiger partial charge in [-0.05, 0) is 52.3 Å². The molecule has 1 saturated heterocycles. The third-order valence-electron chi connectivity index (χ3n) is 4.95. The van der Waals surface area contributed by atoms with Crippen molar-refractivity contribution in [3.05, 3.63) is 29.2 Å². The zero-order valence-electron chi connectivity index (χ0n) is 15.2. The van der Waals surface area contributed by atoms with E-state index in [1.807, 2.05) is 26.0 Å². The van der Waals surface area contributed by atoms with E-state index in [2.05, 4.69) is 11.8 Å². The lowest BCUT2D eigenvalue weighted by Crippen LogP contribution is -2.26. The lowest BCUT2D eigenvalue weighted by Gasteiger charge is -2.19. The molecule has 3 rings (SSSR count). The van der Waals surface area contributed by atoms with Gasteiger partial charge in [-0.15, -0.1) is 0 Å². The van der Waals surface area contributed by atoms with Gasteiger partial charge in [0.1, 0.15) is 17.3 Å². The van der Waals surface area contributed by atoms with Crippen molar-refractivity contribution in [1.29, 1.82) is 0 Å². The van der Waals surface area contributed by atoms with Crippen LogP contribution < -0.4 is 9.47 Å². The van der Waals surface area contributed by atoms with Crippen LogP contribution in [0, 0.1) is 13.8 Å². The van der Waals surface area contributed by atoms with Gasteiger partial charge < -0.3 is 13.9 Å². The van der Waals surface area contributed by atoms with Crippen LogP contribution in [0.3, 0.4) is 0 Å². The predicted molar refractivity (Wildman–Crippen MR) is 93.6 cm³/mol. The first-order valence-electron chi connectivity index (χ1n) is 8.47. The molecule has 0 spiro atoms. The number of aryl methyl sites for hydroxylation is 1. The van der Waals surface area contributed by atoms with Gasteiger partial charge in [0, 0.05) is 18.2 Å². The minimum atomic E-state index is 0.608. The number of methoxy groups -OCH3 is 2. The second kappa shape index (κ2) is 6.85. The quantitative estimate of drug-likeness (QED) is 0.830. The molecule has 130 valence electrons. The van der Waals surface area contributed by atoms with Crippen LogP contribution >= 0.6 is 0 Å². The summed E-state index contributed by atoms with van der Waals surface area (Å²) in [7, 11) is 3.32. The molecule has 5 heteroatoms. The first-order valence-corrected chi connectivity index (χ1v) is 8.47. The maximum atomic E-state index is 5.96. The van der Waals surface area contributed by atoms with Crippen molar-refractivity contribution in [3.8, 4) is 23.0 Å². The second-order valence-corrected chi connectivity index (χ2v) is 6.46. The summed E-state index contributed by atoms with van der Waals surface area (Å²) in [5, 5.41) is 0. The molecule has 0 saturated carbocycles. The number of rotatable bonds is 5. The normalized spacial score (nSPS) is 18.1. The van der Waals surface area contributed by atoms with E-state index in [-0.39, 0.29) is 0 Å². The molecule has 5 nitrogen and oxygen atoms in total. The van der Waals surface area contributed by atoms with Gasteiger partial charge in [-0.2, -0.15) is 0 Å². The molecule has 0 radical (unpaired) electrons. The maximum Gasteiger partial charge on any atom is 0.230 e. The summed E-state index contributed by atoms with van der Waals surface area (Å²) in [4.78, 5) is 7.22. The summed E-state index contributed by atoms with van der Waals surface area (Å²) in [6.45, 7) is 8.21. The zero-order valence-corrected chi connectivity index (χ0v) is 15.2. The van der Waals surface area contributed by atoms with Crippen LogP contribution in [-0.2, 0) is 6.54 Å². The molecular formula is C19H26N2O3. The Kier molecular flexibility index (Phi) is 4.81. The van der Waals surface area contributed by atoms with E-state index in [9.17, 15) is 0 Å². The fourth-order valence-corrected chi connectivity index (χ4v) is 3.44. The SMILES string of the molecule is COc1ccc(-c2nc(CN3CCC[C@H]3C)c(C)o2)c(OC)c1C. The maximum absolute atomic E-state index is 5.96. The standard InChI is InChI=1S/C19H26N2O3/c1-12-7-6-10-21(12)11-16-14(3)24-19(20-16)15-8-9-17(22-4)13(2)18(15)23-5/h8-9,12H,6-7,10-11H2,1-5H3/t12-/m1/s1. The van der Waals surface area contributed by atoms with Gasteiger partial charge >= 0.3 is 0 Å². The highest BCUT2D eigenvalue weighted by Gasteiger charge is 2.24. The lowest BCUT2D eigenvalue weighted by atomic mass is 10.1. The molecule has 2 aromatic rings. The monoisotopic (exact) mass is 330 g/mol. The molecule has 0 amide bonds. The Balaban J connectivity index is 1.93. The number of hydrogen-bond donors (Lipinski definition) is 0. The Morgan fingerprint density at radius 1 is 1.25 bits per heavy atom.